The molecule has 1 amide bonds. The summed E-state index contributed by atoms with van der Waals surface area (Å²) in [4.78, 5) is 23.1. The van der Waals surface area contributed by atoms with E-state index < -0.39 is 5.97 Å². The van der Waals surface area contributed by atoms with Gasteiger partial charge in [-0.05, 0) is 54.8 Å². The van der Waals surface area contributed by atoms with Crippen molar-refractivity contribution in [1.82, 2.24) is 0 Å². The van der Waals surface area contributed by atoms with Crippen molar-refractivity contribution >= 4 is 17.6 Å². The standard InChI is InChI=1S/C19H21NO4/c1-13(2)10-11-24-17-5-3-4-15(12-17)18(21)20-16-8-6-14(7-9-16)19(22)23/h3-9,12-13H,10-11H2,1-2H3,(H,20,21)(H,22,23). The summed E-state index contributed by atoms with van der Waals surface area (Å²) in [6.45, 7) is 4.87. The Morgan fingerprint density at radius 3 is 2.42 bits per heavy atom. The zero-order valence-corrected chi connectivity index (χ0v) is 13.8. The van der Waals surface area contributed by atoms with Crippen molar-refractivity contribution < 1.29 is 19.4 Å². The molecule has 0 aliphatic heterocycles. The van der Waals surface area contributed by atoms with E-state index >= 15 is 0 Å². The molecule has 2 rings (SSSR count). The molecule has 2 N–H and O–H groups in total. The van der Waals surface area contributed by atoms with Crippen LogP contribution in [0.15, 0.2) is 48.5 Å². The molecule has 0 saturated carbocycles. The van der Waals surface area contributed by atoms with Crippen LogP contribution < -0.4 is 10.1 Å². The van der Waals surface area contributed by atoms with Crippen molar-refractivity contribution in [2.45, 2.75) is 20.3 Å². The molecular weight excluding hydrogens is 306 g/mol. The number of hydrogen-bond donors (Lipinski definition) is 2. The first-order valence-electron chi connectivity index (χ1n) is 7.83. The number of aromatic carboxylic acids is 1. The second-order valence-corrected chi connectivity index (χ2v) is 5.90. The van der Waals surface area contributed by atoms with Crippen molar-refractivity contribution in [3.63, 3.8) is 0 Å². The SMILES string of the molecule is CC(C)CCOc1cccc(C(=O)Nc2ccc(C(=O)O)cc2)c1. The van der Waals surface area contributed by atoms with E-state index in [2.05, 4.69) is 19.2 Å². The zero-order chi connectivity index (χ0) is 17.5. The molecule has 2 aromatic rings. The van der Waals surface area contributed by atoms with Crippen molar-refractivity contribution in [2.75, 3.05) is 11.9 Å². The van der Waals surface area contributed by atoms with Gasteiger partial charge in [-0.1, -0.05) is 19.9 Å². The second kappa shape index (κ2) is 8.15. The summed E-state index contributed by atoms with van der Waals surface area (Å²) in [5, 5.41) is 11.6. The number of ether oxygens (including phenoxy) is 1. The highest BCUT2D eigenvalue weighted by Crippen LogP contribution is 2.17. The predicted octanol–water partition coefficient (Wildman–Crippen LogP) is 4.06. The van der Waals surface area contributed by atoms with Gasteiger partial charge in [0.15, 0.2) is 0 Å². The summed E-state index contributed by atoms with van der Waals surface area (Å²) in [6.07, 6.45) is 0.951. The molecule has 0 atom stereocenters. The Bertz CT molecular complexity index is 708. The lowest BCUT2D eigenvalue weighted by molar-refractivity contribution is 0.0696. The normalized spacial score (nSPS) is 10.5. The molecule has 0 spiro atoms. The van der Waals surface area contributed by atoms with Gasteiger partial charge in [0.1, 0.15) is 5.75 Å². The third-order valence-electron chi connectivity index (χ3n) is 3.45. The third kappa shape index (κ3) is 5.12. The average molecular weight is 327 g/mol. The fourth-order valence-corrected chi connectivity index (χ4v) is 2.04. The minimum atomic E-state index is -1.00. The maximum absolute atomic E-state index is 12.3. The van der Waals surface area contributed by atoms with Gasteiger partial charge in [-0.15, -0.1) is 0 Å². The van der Waals surface area contributed by atoms with Gasteiger partial charge in [0.05, 0.1) is 12.2 Å². The van der Waals surface area contributed by atoms with E-state index in [-0.39, 0.29) is 11.5 Å². The third-order valence-corrected chi connectivity index (χ3v) is 3.45. The molecule has 126 valence electrons. The molecule has 0 saturated heterocycles. The summed E-state index contributed by atoms with van der Waals surface area (Å²) in [6, 6.07) is 13.0. The Hall–Kier alpha value is -2.82. The van der Waals surface area contributed by atoms with Gasteiger partial charge in [-0.25, -0.2) is 4.79 Å². The molecule has 0 aliphatic rings. The number of benzene rings is 2. The summed E-state index contributed by atoms with van der Waals surface area (Å²) >= 11 is 0. The molecular formula is C19H21NO4. The smallest absolute Gasteiger partial charge is 0.335 e. The van der Waals surface area contributed by atoms with Crippen molar-refractivity contribution in [1.29, 1.82) is 0 Å². The minimum absolute atomic E-state index is 0.175. The summed E-state index contributed by atoms with van der Waals surface area (Å²) in [5.74, 6) is -0.0544. The number of carbonyl (C=O) groups is 2. The molecule has 0 fully saturated rings. The first-order valence-corrected chi connectivity index (χ1v) is 7.83. The minimum Gasteiger partial charge on any atom is -0.494 e. The van der Waals surface area contributed by atoms with Gasteiger partial charge in [0.2, 0.25) is 0 Å². The Morgan fingerprint density at radius 2 is 1.79 bits per heavy atom. The van der Waals surface area contributed by atoms with Crippen LogP contribution in [0.25, 0.3) is 0 Å². The second-order valence-electron chi connectivity index (χ2n) is 5.90. The molecule has 2 aromatic carbocycles. The van der Waals surface area contributed by atoms with Crippen LogP contribution in [0.2, 0.25) is 0 Å². The van der Waals surface area contributed by atoms with Gasteiger partial charge in [0.25, 0.3) is 5.91 Å². The van der Waals surface area contributed by atoms with Crippen molar-refractivity contribution in [3.05, 3.63) is 59.7 Å². The molecule has 0 aliphatic carbocycles. The number of nitrogens with one attached hydrogen (secondary N) is 1. The first kappa shape index (κ1) is 17.5. The predicted molar refractivity (Wildman–Crippen MR) is 92.7 cm³/mol. The highest BCUT2D eigenvalue weighted by molar-refractivity contribution is 6.04. The maximum atomic E-state index is 12.3. The number of carboxylic acid groups (broad SMARTS) is 1. The molecule has 0 aromatic heterocycles. The maximum Gasteiger partial charge on any atom is 0.335 e. The number of hydrogen-bond acceptors (Lipinski definition) is 3. The fraction of sp³-hybridized carbons (Fsp3) is 0.263. The Balaban J connectivity index is 2.00. The monoisotopic (exact) mass is 327 g/mol. The Morgan fingerprint density at radius 1 is 1.08 bits per heavy atom. The largest absolute Gasteiger partial charge is 0.494 e. The topological polar surface area (TPSA) is 75.6 Å². The van der Waals surface area contributed by atoms with E-state index in [1.54, 1.807) is 30.3 Å². The average Bonchev–Trinajstić information content (AvgIpc) is 2.55. The molecule has 0 heterocycles. The highest BCUT2D eigenvalue weighted by Gasteiger charge is 2.08. The lowest BCUT2D eigenvalue weighted by Crippen LogP contribution is -2.12. The van der Waals surface area contributed by atoms with E-state index in [4.69, 9.17) is 9.84 Å². The first-order chi connectivity index (χ1) is 11.5. The van der Waals surface area contributed by atoms with Gasteiger partial charge < -0.3 is 15.2 Å². The van der Waals surface area contributed by atoms with Gasteiger partial charge in [-0.3, -0.25) is 4.79 Å². The van der Waals surface area contributed by atoms with Crippen LogP contribution in [0.4, 0.5) is 5.69 Å². The number of carboxylic acids is 1. The Kier molecular flexibility index (Phi) is 5.95. The number of anilines is 1. The van der Waals surface area contributed by atoms with Crippen LogP contribution in [0.1, 0.15) is 41.0 Å². The molecule has 5 heteroatoms. The van der Waals surface area contributed by atoms with E-state index in [0.29, 0.717) is 29.5 Å². The van der Waals surface area contributed by atoms with E-state index in [1.807, 2.05) is 6.07 Å². The summed E-state index contributed by atoms with van der Waals surface area (Å²) in [7, 11) is 0. The zero-order valence-electron chi connectivity index (χ0n) is 13.8. The van der Waals surface area contributed by atoms with Crippen molar-refractivity contribution in [2.24, 2.45) is 5.92 Å². The van der Waals surface area contributed by atoms with Crippen LogP contribution in [0.5, 0.6) is 5.75 Å². The van der Waals surface area contributed by atoms with Gasteiger partial charge >= 0.3 is 5.97 Å². The number of carbonyl (C=O) groups excluding carboxylic acids is 1. The van der Waals surface area contributed by atoms with Gasteiger partial charge in [0, 0.05) is 11.3 Å². The van der Waals surface area contributed by atoms with Crippen LogP contribution in [-0.4, -0.2) is 23.6 Å². The molecule has 0 radical (unpaired) electrons. The highest BCUT2D eigenvalue weighted by atomic mass is 16.5. The lowest BCUT2D eigenvalue weighted by Gasteiger charge is -2.10. The molecule has 0 bridgehead atoms. The van der Waals surface area contributed by atoms with Crippen LogP contribution in [0.3, 0.4) is 0 Å². The molecule has 24 heavy (non-hydrogen) atoms. The molecule has 0 unspecified atom stereocenters. The quantitative estimate of drug-likeness (QED) is 0.804. The summed E-state index contributed by atoms with van der Waals surface area (Å²) in [5.41, 5.74) is 1.20. The van der Waals surface area contributed by atoms with E-state index in [0.717, 1.165) is 6.42 Å². The van der Waals surface area contributed by atoms with Crippen molar-refractivity contribution in [3.8, 4) is 5.75 Å². The molecule has 5 nitrogen and oxygen atoms in total. The summed E-state index contributed by atoms with van der Waals surface area (Å²) < 4.78 is 5.65. The van der Waals surface area contributed by atoms with Crippen LogP contribution >= 0.6 is 0 Å². The van der Waals surface area contributed by atoms with E-state index in [1.165, 1.54) is 12.1 Å². The fourth-order valence-electron chi connectivity index (χ4n) is 2.04. The number of amides is 1. The Labute approximate surface area is 141 Å². The van der Waals surface area contributed by atoms with E-state index in [9.17, 15) is 9.59 Å². The van der Waals surface area contributed by atoms with Crippen LogP contribution in [0, 0.1) is 5.92 Å². The lowest BCUT2D eigenvalue weighted by atomic mass is 10.1. The number of rotatable bonds is 7. The van der Waals surface area contributed by atoms with Gasteiger partial charge in [-0.2, -0.15) is 0 Å². The van der Waals surface area contributed by atoms with Crippen LogP contribution in [-0.2, 0) is 0 Å².